The number of nitriles is 1. The molecule has 0 bridgehead atoms. The van der Waals surface area contributed by atoms with Gasteiger partial charge < -0.3 is 15.5 Å². The summed E-state index contributed by atoms with van der Waals surface area (Å²) in [6, 6.07) is 5.30. The molecule has 0 aromatic carbocycles. The largest absolute Gasteiger partial charge is 0.350 e. The van der Waals surface area contributed by atoms with Crippen LogP contribution >= 0.6 is 0 Å². The molecule has 1 amide bonds. The van der Waals surface area contributed by atoms with Gasteiger partial charge in [-0.05, 0) is 24.5 Å². The third-order valence-corrected chi connectivity index (χ3v) is 5.39. The van der Waals surface area contributed by atoms with E-state index in [4.69, 9.17) is 5.26 Å². The summed E-state index contributed by atoms with van der Waals surface area (Å²) in [5.41, 5.74) is 3.70. The number of nitrogens with zero attached hydrogens (tertiary/aromatic N) is 7. The number of amides is 1. The molecule has 2 N–H and O–H groups in total. The number of rotatable bonds is 6. The Morgan fingerprint density at radius 2 is 2.06 bits per heavy atom. The number of carbonyl (C=O) groups is 1. The molecule has 3 aromatic heterocycles. The molecule has 0 spiro atoms. The van der Waals surface area contributed by atoms with E-state index >= 15 is 0 Å². The molecule has 4 heterocycles. The van der Waals surface area contributed by atoms with E-state index in [0.717, 1.165) is 11.1 Å². The van der Waals surface area contributed by atoms with Crippen LogP contribution in [0.4, 0.5) is 17.5 Å². The van der Waals surface area contributed by atoms with Gasteiger partial charge >= 0.3 is 0 Å². The van der Waals surface area contributed by atoms with Crippen molar-refractivity contribution in [3.05, 3.63) is 53.2 Å². The normalized spacial score (nSPS) is 15.3. The van der Waals surface area contributed by atoms with Crippen molar-refractivity contribution < 1.29 is 4.79 Å². The fraction of sp³-hybridized carbons (Fsp3) is 0.364. The topological polar surface area (TPSA) is 125 Å². The van der Waals surface area contributed by atoms with Crippen LogP contribution in [0.1, 0.15) is 36.4 Å². The molecule has 1 aliphatic heterocycles. The molecule has 10 nitrogen and oxygen atoms in total. The molecule has 0 aliphatic carbocycles. The minimum atomic E-state index is -0.278. The smallest absolute Gasteiger partial charge is 0.247 e. The Morgan fingerprint density at radius 3 is 2.75 bits per heavy atom. The van der Waals surface area contributed by atoms with Crippen molar-refractivity contribution in [2.24, 2.45) is 5.92 Å². The number of hydrogen-bond acceptors (Lipinski definition) is 8. The zero-order valence-electron chi connectivity index (χ0n) is 18.5. The molecular formula is C22H25N9O. The summed E-state index contributed by atoms with van der Waals surface area (Å²) in [5, 5.41) is 19.5. The molecule has 164 valence electrons. The van der Waals surface area contributed by atoms with E-state index in [1.54, 1.807) is 18.5 Å². The van der Waals surface area contributed by atoms with Gasteiger partial charge in [-0.15, -0.1) is 0 Å². The van der Waals surface area contributed by atoms with Gasteiger partial charge in [0.15, 0.2) is 5.82 Å². The van der Waals surface area contributed by atoms with E-state index in [9.17, 15) is 4.79 Å². The van der Waals surface area contributed by atoms with Crippen molar-refractivity contribution in [2.75, 3.05) is 22.6 Å². The number of aromatic nitrogens is 5. The number of likely N-dealkylation sites (N-methyl/N-ethyl adjacent to an activating group) is 1. The van der Waals surface area contributed by atoms with E-state index in [2.05, 4.69) is 30.7 Å². The molecule has 1 atom stereocenters. The lowest BCUT2D eigenvalue weighted by Crippen LogP contribution is -2.49. The highest BCUT2D eigenvalue weighted by molar-refractivity contribution is 6.03. The van der Waals surface area contributed by atoms with Crippen molar-refractivity contribution in [1.82, 2.24) is 24.7 Å². The Hall–Kier alpha value is -4.00. The van der Waals surface area contributed by atoms with E-state index in [1.165, 1.54) is 0 Å². The summed E-state index contributed by atoms with van der Waals surface area (Å²) in [6.07, 6.45) is 5.41. The Morgan fingerprint density at radius 1 is 1.25 bits per heavy atom. The minimum Gasteiger partial charge on any atom is -0.350 e. The van der Waals surface area contributed by atoms with Gasteiger partial charge in [-0.3, -0.25) is 9.48 Å². The quantitative estimate of drug-likeness (QED) is 0.609. The van der Waals surface area contributed by atoms with Crippen LogP contribution in [0.2, 0.25) is 0 Å². The molecule has 0 saturated carbocycles. The number of fused-ring (bicyclic) bond motifs is 1. The third-order valence-electron chi connectivity index (χ3n) is 5.39. The second kappa shape index (κ2) is 8.63. The summed E-state index contributed by atoms with van der Waals surface area (Å²) in [6.45, 7) is 6.97. The molecule has 0 radical (unpaired) electrons. The van der Waals surface area contributed by atoms with Gasteiger partial charge in [0.1, 0.15) is 23.5 Å². The van der Waals surface area contributed by atoms with Crippen LogP contribution in [0.5, 0.6) is 0 Å². The molecule has 1 aliphatic rings. The second-order valence-corrected chi connectivity index (χ2v) is 8.18. The van der Waals surface area contributed by atoms with Crippen LogP contribution in [0.15, 0.2) is 30.7 Å². The lowest BCUT2D eigenvalue weighted by molar-refractivity contribution is -0.118. The van der Waals surface area contributed by atoms with Gasteiger partial charge in [0.2, 0.25) is 11.9 Å². The molecule has 32 heavy (non-hydrogen) atoms. The molecule has 0 saturated heterocycles. The first kappa shape index (κ1) is 21.2. The lowest BCUT2D eigenvalue weighted by Gasteiger charge is -2.36. The predicted octanol–water partition coefficient (Wildman–Crippen LogP) is 2.32. The molecule has 0 fully saturated rings. The molecule has 10 heteroatoms. The molecule has 4 rings (SSSR count). The SMILES string of the molecule is Cc1nc(NCc2cnn(Cc3ccc(C#N)nc3)c2)nc2c1NC(=O)[C@H](C(C)C)N2C. The van der Waals surface area contributed by atoms with Gasteiger partial charge in [0.05, 0.1) is 18.4 Å². The molecule has 3 aromatic rings. The maximum Gasteiger partial charge on any atom is 0.247 e. The van der Waals surface area contributed by atoms with Crippen molar-refractivity contribution in [3.8, 4) is 6.07 Å². The minimum absolute atomic E-state index is 0.0349. The maximum atomic E-state index is 12.5. The van der Waals surface area contributed by atoms with Crippen molar-refractivity contribution >= 4 is 23.4 Å². The average molecular weight is 432 g/mol. The zero-order chi connectivity index (χ0) is 22.8. The highest BCUT2D eigenvalue weighted by atomic mass is 16.2. The van der Waals surface area contributed by atoms with Crippen molar-refractivity contribution in [3.63, 3.8) is 0 Å². The number of carbonyl (C=O) groups excluding carboxylic acids is 1. The number of hydrogen-bond donors (Lipinski definition) is 2. The van der Waals surface area contributed by atoms with Gasteiger partial charge in [-0.2, -0.15) is 15.3 Å². The fourth-order valence-electron chi connectivity index (χ4n) is 3.83. The summed E-state index contributed by atoms with van der Waals surface area (Å²) < 4.78 is 1.82. The average Bonchev–Trinajstić information content (AvgIpc) is 3.21. The number of pyridine rings is 1. The van der Waals surface area contributed by atoms with Gasteiger partial charge in [-0.25, -0.2) is 9.97 Å². The second-order valence-electron chi connectivity index (χ2n) is 8.18. The maximum absolute atomic E-state index is 12.5. The first-order chi connectivity index (χ1) is 15.4. The first-order valence-corrected chi connectivity index (χ1v) is 10.4. The summed E-state index contributed by atoms with van der Waals surface area (Å²) >= 11 is 0. The standard InChI is InChI=1S/C22H25N9O/c1-13(2)19-21(32)28-18-14(3)27-22(29-20(18)30(19)4)25-9-16-10-26-31(12-16)11-15-5-6-17(7-23)24-8-15/h5-6,8,10,12-13,19H,9,11H2,1-4H3,(H,28,32)(H,25,27,29)/t19-/m0/s1. The van der Waals surface area contributed by atoms with Crippen LogP contribution in [0.3, 0.4) is 0 Å². The first-order valence-electron chi connectivity index (χ1n) is 10.4. The Labute approximate surface area is 186 Å². The number of nitrogens with one attached hydrogen (secondary N) is 2. The van der Waals surface area contributed by atoms with Crippen LogP contribution in [-0.2, 0) is 17.9 Å². The third kappa shape index (κ3) is 4.23. The molecular weight excluding hydrogens is 406 g/mol. The van der Waals surface area contributed by atoms with E-state index in [1.807, 2.05) is 55.7 Å². The van der Waals surface area contributed by atoms with Crippen molar-refractivity contribution in [1.29, 1.82) is 5.26 Å². The molecule has 0 unspecified atom stereocenters. The summed E-state index contributed by atoms with van der Waals surface area (Å²) in [5.74, 6) is 1.32. The number of anilines is 3. The van der Waals surface area contributed by atoms with Crippen LogP contribution in [-0.4, -0.2) is 43.7 Å². The van der Waals surface area contributed by atoms with E-state index < -0.39 is 0 Å². The Balaban J connectivity index is 1.45. The summed E-state index contributed by atoms with van der Waals surface area (Å²) in [7, 11) is 1.89. The zero-order valence-corrected chi connectivity index (χ0v) is 18.5. The Kier molecular flexibility index (Phi) is 5.73. The van der Waals surface area contributed by atoms with Gasteiger partial charge in [0.25, 0.3) is 0 Å². The fourth-order valence-corrected chi connectivity index (χ4v) is 3.83. The lowest BCUT2D eigenvalue weighted by atomic mass is 9.99. The van der Waals surface area contributed by atoms with Gasteiger partial charge in [0, 0.05) is 31.5 Å². The summed E-state index contributed by atoms with van der Waals surface area (Å²) in [4.78, 5) is 27.6. The van der Waals surface area contributed by atoms with E-state index in [-0.39, 0.29) is 17.9 Å². The van der Waals surface area contributed by atoms with Crippen LogP contribution in [0, 0.1) is 24.2 Å². The number of aryl methyl sites for hydroxylation is 1. The monoisotopic (exact) mass is 431 g/mol. The highest BCUT2D eigenvalue weighted by Gasteiger charge is 2.35. The van der Waals surface area contributed by atoms with Crippen LogP contribution < -0.4 is 15.5 Å². The van der Waals surface area contributed by atoms with Crippen molar-refractivity contribution in [2.45, 2.75) is 39.9 Å². The highest BCUT2D eigenvalue weighted by Crippen LogP contribution is 2.34. The Bertz CT molecular complexity index is 1180. The van der Waals surface area contributed by atoms with Gasteiger partial charge in [-0.1, -0.05) is 19.9 Å². The van der Waals surface area contributed by atoms with E-state index in [0.29, 0.717) is 41.9 Å². The van der Waals surface area contributed by atoms with Crippen LogP contribution in [0.25, 0.3) is 0 Å². The predicted molar refractivity (Wildman–Crippen MR) is 120 cm³/mol.